The molecule has 2 aromatic rings. The molecule has 2 N–H and O–H groups in total. The first-order chi connectivity index (χ1) is 9.70. The number of hydrogen-bond acceptors (Lipinski definition) is 3. The molecule has 1 aromatic carbocycles. The number of hydrogen-bond donors (Lipinski definition) is 2. The summed E-state index contributed by atoms with van der Waals surface area (Å²) < 4.78 is 0. The Hall–Kier alpha value is -2.07. The van der Waals surface area contributed by atoms with E-state index in [2.05, 4.69) is 15.6 Å². The van der Waals surface area contributed by atoms with Crippen molar-refractivity contribution in [1.29, 1.82) is 0 Å². The lowest BCUT2D eigenvalue weighted by atomic mass is 10.2. The fourth-order valence-electron chi connectivity index (χ4n) is 1.78. The number of nitrogens with one attached hydrogen (secondary N) is 2. The topological polar surface area (TPSA) is 54.0 Å². The van der Waals surface area contributed by atoms with E-state index in [0.29, 0.717) is 29.5 Å². The molecule has 20 heavy (non-hydrogen) atoms. The van der Waals surface area contributed by atoms with Crippen LogP contribution in [0.2, 0.25) is 5.02 Å². The Balaban J connectivity index is 2.03. The van der Waals surface area contributed by atoms with E-state index in [1.165, 1.54) is 0 Å². The third kappa shape index (κ3) is 3.71. The first kappa shape index (κ1) is 14.3. The van der Waals surface area contributed by atoms with Crippen LogP contribution in [0.5, 0.6) is 0 Å². The van der Waals surface area contributed by atoms with E-state index in [-0.39, 0.29) is 5.91 Å². The second-order valence-corrected chi connectivity index (χ2v) is 4.68. The fraction of sp³-hybridized carbons (Fsp3) is 0.200. The predicted molar refractivity (Wildman–Crippen MR) is 81.0 cm³/mol. The van der Waals surface area contributed by atoms with Crippen molar-refractivity contribution in [2.45, 2.75) is 13.5 Å². The molecule has 2 rings (SSSR count). The van der Waals surface area contributed by atoms with Crippen LogP contribution < -0.4 is 10.6 Å². The van der Waals surface area contributed by atoms with E-state index < -0.39 is 0 Å². The van der Waals surface area contributed by atoms with Crippen LogP contribution in [0.25, 0.3) is 0 Å². The summed E-state index contributed by atoms with van der Waals surface area (Å²) in [5, 5.41) is 6.63. The highest BCUT2D eigenvalue weighted by atomic mass is 35.5. The fourth-order valence-corrected chi connectivity index (χ4v) is 1.90. The molecule has 1 amide bonds. The minimum absolute atomic E-state index is 0.149. The number of benzene rings is 1. The maximum Gasteiger partial charge on any atom is 0.255 e. The lowest BCUT2D eigenvalue weighted by Crippen LogP contribution is -2.24. The molecule has 0 spiro atoms. The van der Waals surface area contributed by atoms with Crippen molar-refractivity contribution in [3.8, 4) is 0 Å². The van der Waals surface area contributed by atoms with Crippen molar-refractivity contribution in [3.63, 3.8) is 0 Å². The Labute approximate surface area is 123 Å². The molecule has 0 saturated heterocycles. The summed E-state index contributed by atoms with van der Waals surface area (Å²) >= 11 is 5.82. The maximum atomic E-state index is 12.2. The molecule has 0 aliphatic carbocycles. The van der Waals surface area contributed by atoms with Crippen molar-refractivity contribution in [3.05, 3.63) is 58.7 Å². The minimum atomic E-state index is -0.149. The van der Waals surface area contributed by atoms with Gasteiger partial charge in [-0.25, -0.2) is 4.98 Å². The molecule has 1 heterocycles. The number of rotatable bonds is 5. The van der Waals surface area contributed by atoms with Crippen LogP contribution in [-0.2, 0) is 6.54 Å². The van der Waals surface area contributed by atoms with Gasteiger partial charge in [-0.15, -0.1) is 0 Å². The number of anilines is 1. The molecule has 0 radical (unpaired) electrons. The normalized spacial score (nSPS) is 10.1. The molecule has 104 valence electrons. The molecule has 5 heteroatoms. The highest BCUT2D eigenvalue weighted by Gasteiger charge is 2.11. The van der Waals surface area contributed by atoms with E-state index in [9.17, 15) is 4.79 Å². The summed E-state index contributed by atoms with van der Waals surface area (Å²) in [6.45, 7) is 3.13. The van der Waals surface area contributed by atoms with Crippen molar-refractivity contribution in [2.24, 2.45) is 0 Å². The summed E-state index contributed by atoms with van der Waals surface area (Å²) in [6.07, 6.45) is 1.66. The van der Waals surface area contributed by atoms with Crippen molar-refractivity contribution in [1.82, 2.24) is 10.3 Å². The summed E-state index contributed by atoms with van der Waals surface area (Å²) in [7, 11) is 0. The zero-order valence-corrected chi connectivity index (χ0v) is 11.9. The monoisotopic (exact) mass is 289 g/mol. The molecule has 0 aliphatic heterocycles. The predicted octanol–water partition coefficient (Wildman–Crippen LogP) is 3.10. The van der Waals surface area contributed by atoms with Gasteiger partial charge in [-0.1, -0.05) is 23.7 Å². The summed E-state index contributed by atoms with van der Waals surface area (Å²) in [4.78, 5) is 16.3. The van der Waals surface area contributed by atoms with Gasteiger partial charge in [0, 0.05) is 24.3 Å². The zero-order chi connectivity index (χ0) is 14.4. The Morgan fingerprint density at radius 2 is 2.00 bits per heavy atom. The summed E-state index contributed by atoms with van der Waals surface area (Å²) in [5.74, 6) is 0.451. The molecule has 0 atom stereocenters. The smallest absolute Gasteiger partial charge is 0.255 e. The number of pyridine rings is 1. The number of nitrogens with zero attached hydrogens (tertiary/aromatic N) is 1. The van der Waals surface area contributed by atoms with E-state index in [1.807, 2.05) is 19.1 Å². The van der Waals surface area contributed by atoms with Gasteiger partial charge in [0.25, 0.3) is 5.91 Å². The molecule has 0 unspecified atom stereocenters. The highest BCUT2D eigenvalue weighted by Crippen LogP contribution is 2.12. The lowest BCUT2D eigenvalue weighted by molar-refractivity contribution is 0.0951. The molecule has 0 fully saturated rings. The molecule has 0 saturated carbocycles. The quantitative estimate of drug-likeness (QED) is 0.889. The Morgan fingerprint density at radius 3 is 2.70 bits per heavy atom. The van der Waals surface area contributed by atoms with Gasteiger partial charge in [0.2, 0.25) is 0 Å². The van der Waals surface area contributed by atoms with Gasteiger partial charge in [-0.05, 0) is 36.8 Å². The Morgan fingerprint density at radius 1 is 1.25 bits per heavy atom. The van der Waals surface area contributed by atoms with Crippen molar-refractivity contribution < 1.29 is 4.79 Å². The van der Waals surface area contributed by atoms with Crippen LogP contribution in [0.4, 0.5) is 5.82 Å². The van der Waals surface area contributed by atoms with Crippen LogP contribution in [0.1, 0.15) is 22.8 Å². The number of carbonyl (C=O) groups is 1. The van der Waals surface area contributed by atoms with E-state index in [1.54, 1.807) is 30.5 Å². The lowest BCUT2D eigenvalue weighted by Gasteiger charge is -2.10. The second-order valence-electron chi connectivity index (χ2n) is 4.24. The maximum absolute atomic E-state index is 12.2. The second kappa shape index (κ2) is 6.91. The molecular weight excluding hydrogens is 274 g/mol. The van der Waals surface area contributed by atoms with Crippen molar-refractivity contribution in [2.75, 3.05) is 11.9 Å². The van der Waals surface area contributed by atoms with Gasteiger partial charge < -0.3 is 10.6 Å². The van der Waals surface area contributed by atoms with Gasteiger partial charge in [0.15, 0.2) is 0 Å². The Kier molecular flexibility index (Phi) is 4.96. The molecule has 4 nitrogen and oxygen atoms in total. The van der Waals surface area contributed by atoms with Gasteiger partial charge >= 0.3 is 0 Å². The minimum Gasteiger partial charge on any atom is -0.370 e. The van der Waals surface area contributed by atoms with E-state index in [0.717, 1.165) is 5.56 Å². The molecular formula is C15H16ClN3O. The van der Waals surface area contributed by atoms with Crippen LogP contribution in [0, 0.1) is 0 Å². The first-order valence-corrected chi connectivity index (χ1v) is 6.80. The van der Waals surface area contributed by atoms with Crippen LogP contribution >= 0.6 is 11.6 Å². The van der Waals surface area contributed by atoms with E-state index in [4.69, 9.17) is 11.6 Å². The zero-order valence-electron chi connectivity index (χ0n) is 11.2. The average Bonchev–Trinajstić information content (AvgIpc) is 2.47. The van der Waals surface area contributed by atoms with Crippen LogP contribution in [0.3, 0.4) is 0 Å². The Bertz CT molecular complexity index is 584. The molecule has 1 aromatic heterocycles. The highest BCUT2D eigenvalue weighted by molar-refractivity contribution is 6.30. The number of carbonyl (C=O) groups excluding carboxylic acids is 1. The number of halogens is 1. The van der Waals surface area contributed by atoms with Crippen LogP contribution in [0.15, 0.2) is 42.6 Å². The molecule has 0 bridgehead atoms. The first-order valence-electron chi connectivity index (χ1n) is 6.42. The molecule has 0 aliphatic rings. The standard InChI is InChI=1S/C15H16ClN3O/c1-2-17-14-13(4-3-9-18-14)15(20)19-10-11-5-7-12(16)8-6-11/h3-9H,2,10H2,1H3,(H,17,18)(H,19,20). The summed E-state index contributed by atoms with van der Waals surface area (Å²) in [5.41, 5.74) is 1.54. The van der Waals surface area contributed by atoms with Gasteiger partial charge in [-0.2, -0.15) is 0 Å². The summed E-state index contributed by atoms with van der Waals surface area (Å²) in [6, 6.07) is 10.9. The number of amides is 1. The SMILES string of the molecule is CCNc1ncccc1C(=O)NCc1ccc(Cl)cc1. The third-order valence-electron chi connectivity index (χ3n) is 2.76. The average molecular weight is 290 g/mol. The number of aromatic nitrogens is 1. The van der Waals surface area contributed by atoms with Gasteiger partial charge in [0.1, 0.15) is 5.82 Å². The van der Waals surface area contributed by atoms with Crippen molar-refractivity contribution >= 4 is 23.3 Å². The largest absolute Gasteiger partial charge is 0.370 e. The third-order valence-corrected chi connectivity index (χ3v) is 3.01. The van der Waals surface area contributed by atoms with Gasteiger partial charge in [-0.3, -0.25) is 4.79 Å². The van der Waals surface area contributed by atoms with Crippen LogP contribution in [-0.4, -0.2) is 17.4 Å². The van der Waals surface area contributed by atoms with E-state index >= 15 is 0 Å². The van der Waals surface area contributed by atoms with Gasteiger partial charge in [0.05, 0.1) is 5.56 Å².